The first-order valence-electron chi connectivity index (χ1n) is 6.49. The van der Waals surface area contributed by atoms with Gasteiger partial charge >= 0.3 is 0 Å². The van der Waals surface area contributed by atoms with Crippen LogP contribution >= 0.6 is 0 Å². The summed E-state index contributed by atoms with van der Waals surface area (Å²) in [5, 5.41) is 5.86. The number of methoxy groups -OCH3 is 1. The number of hydrogen-bond acceptors (Lipinski definition) is 3. The zero-order chi connectivity index (χ0) is 13.7. The van der Waals surface area contributed by atoms with Crippen LogP contribution in [0.2, 0.25) is 0 Å². The van der Waals surface area contributed by atoms with Crippen molar-refractivity contribution in [2.45, 2.75) is 19.4 Å². The van der Waals surface area contributed by atoms with Crippen molar-refractivity contribution in [3.8, 4) is 5.75 Å². The molecule has 0 heterocycles. The summed E-state index contributed by atoms with van der Waals surface area (Å²) in [5.41, 5.74) is 0.717. The van der Waals surface area contributed by atoms with Gasteiger partial charge in [0, 0.05) is 6.54 Å². The lowest BCUT2D eigenvalue weighted by Gasteiger charge is -2.08. The Kier molecular flexibility index (Phi) is 4.74. The number of hydrogen-bond donors (Lipinski definition) is 2. The molecule has 1 aromatic carbocycles. The lowest BCUT2D eigenvalue weighted by molar-refractivity contribution is -0.120. The average Bonchev–Trinajstić information content (AvgIpc) is 3.20. The molecule has 1 amide bonds. The Bertz CT molecular complexity index is 447. The fourth-order valence-corrected chi connectivity index (χ4v) is 1.79. The van der Waals surface area contributed by atoms with Crippen molar-refractivity contribution in [1.82, 2.24) is 10.6 Å². The van der Waals surface area contributed by atoms with E-state index >= 15 is 0 Å². The van der Waals surface area contributed by atoms with Gasteiger partial charge in [-0.2, -0.15) is 0 Å². The molecular weight excluding hydrogens is 247 g/mol. The standard InChI is InChI=1S/C14H19FN2O2/c1-19-13-5-4-11(6-12(13)15)8-17-14(18)9-16-7-10-2-3-10/h4-6,10,16H,2-3,7-9H2,1H3,(H,17,18). The number of amides is 1. The summed E-state index contributed by atoms with van der Waals surface area (Å²) in [7, 11) is 1.42. The maximum atomic E-state index is 13.4. The molecule has 4 nitrogen and oxygen atoms in total. The van der Waals surface area contributed by atoms with Gasteiger partial charge < -0.3 is 15.4 Å². The van der Waals surface area contributed by atoms with Crippen LogP contribution in [0.15, 0.2) is 18.2 Å². The summed E-state index contributed by atoms with van der Waals surface area (Å²) in [5.74, 6) is 0.475. The maximum Gasteiger partial charge on any atom is 0.234 e. The lowest BCUT2D eigenvalue weighted by Crippen LogP contribution is -2.34. The zero-order valence-corrected chi connectivity index (χ0v) is 11.0. The van der Waals surface area contributed by atoms with Gasteiger partial charge in [-0.15, -0.1) is 0 Å². The van der Waals surface area contributed by atoms with Crippen LogP contribution in [-0.4, -0.2) is 26.1 Å². The molecule has 1 fully saturated rings. The molecule has 2 rings (SSSR count). The fraction of sp³-hybridized carbons (Fsp3) is 0.500. The third-order valence-electron chi connectivity index (χ3n) is 3.12. The molecule has 1 saturated carbocycles. The highest BCUT2D eigenvalue weighted by Crippen LogP contribution is 2.27. The molecule has 19 heavy (non-hydrogen) atoms. The van der Waals surface area contributed by atoms with Gasteiger partial charge in [0.15, 0.2) is 11.6 Å². The van der Waals surface area contributed by atoms with E-state index in [4.69, 9.17) is 4.74 Å². The van der Waals surface area contributed by atoms with Crippen LogP contribution in [0.5, 0.6) is 5.75 Å². The van der Waals surface area contributed by atoms with Gasteiger partial charge in [0.05, 0.1) is 13.7 Å². The van der Waals surface area contributed by atoms with Crippen molar-refractivity contribution in [3.63, 3.8) is 0 Å². The molecule has 0 unspecified atom stereocenters. The molecule has 0 aromatic heterocycles. The third-order valence-corrected chi connectivity index (χ3v) is 3.12. The SMILES string of the molecule is COc1ccc(CNC(=O)CNCC2CC2)cc1F. The summed E-state index contributed by atoms with van der Waals surface area (Å²) in [6.45, 7) is 1.55. The number of ether oxygens (including phenoxy) is 1. The van der Waals surface area contributed by atoms with E-state index in [0.717, 1.165) is 12.5 Å². The molecule has 2 N–H and O–H groups in total. The van der Waals surface area contributed by atoms with Crippen LogP contribution < -0.4 is 15.4 Å². The number of rotatable bonds is 7. The van der Waals surface area contributed by atoms with Gasteiger partial charge in [-0.05, 0) is 43.0 Å². The number of nitrogens with one attached hydrogen (secondary N) is 2. The second-order valence-corrected chi connectivity index (χ2v) is 4.82. The molecule has 5 heteroatoms. The van der Waals surface area contributed by atoms with Gasteiger partial charge in [0.2, 0.25) is 5.91 Å². The minimum Gasteiger partial charge on any atom is -0.494 e. The van der Waals surface area contributed by atoms with Gasteiger partial charge in [0.25, 0.3) is 0 Å². The van der Waals surface area contributed by atoms with Crippen LogP contribution in [0.25, 0.3) is 0 Å². The molecule has 0 spiro atoms. The molecule has 0 saturated heterocycles. The topological polar surface area (TPSA) is 50.4 Å². The smallest absolute Gasteiger partial charge is 0.234 e. The van der Waals surface area contributed by atoms with Crippen LogP contribution in [-0.2, 0) is 11.3 Å². The van der Waals surface area contributed by atoms with Crippen LogP contribution in [0.4, 0.5) is 4.39 Å². The van der Waals surface area contributed by atoms with Crippen molar-refractivity contribution in [3.05, 3.63) is 29.6 Å². The lowest BCUT2D eigenvalue weighted by atomic mass is 10.2. The third kappa shape index (κ3) is 4.52. The predicted octanol–water partition coefficient (Wildman–Crippen LogP) is 1.45. The quantitative estimate of drug-likeness (QED) is 0.785. The Morgan fingerprint density at radius 2 is 2.26 bits per heavy atom. The Morgan fingerprint density at radius 3 is 2.89 bits per heavy atom. The van der Waals surface area contributed by atoms with Crippen molar-refractivity contribution in [2.75, 3.05) is 20.2 Å². The minimum absolute atomic E-state index is 0.0723. The molecule has 1 aromatic rings. The van der Waals surface area contributed by atoms with Crippen LogP contribution in [0.3, 0.4) is 0 Å². The highest BCUT2D eigenvalue weighted by molar-refractivity contribution is 5.77. The Labute approximate surface area is 112 Å². The first-order chi connectivity index (χ1) is 9.19. The summed E-state index contributed by atoms with van der Waals surface area (Å²) < 4.78 is 18.3. The first-order valence-corrected chi connectivity index (χ1v) is 6.49. The van der Waals surface area contributed by atoms with Crippen molar-refractivity contribution in [2.24, 2.45) is 5.92 Å². The van der Waals surface area contributed by atoms with Crippen molar-refractivity contribution in [1.29, 1.82) is 0 Å². The van der Waals surface area contributed by atoms with Gasteiger partial charge in [-0.1, -0.05) is 6.07 Å². The highest BCUT2D eigenvalue weighted by atomic mass is 19.1. The first kappa shape index (κ1) is 13.8. The van der Waals surface area contributed by atoms with E-state index in [1.165, 1.54) is 26.0 Å². The molecule has 0 atom stereocenters. The van der Waals surface area contributed by atoms with Crippen LogP contribution in [0.1, 0.15) is 18.4 Å². The molecule has 0 aliphatic heterocycles. The Balaban J connectivity index is 1.71. The summed E-state index contributed by atoms with van der Waals surface area (Å²) in [6.07, 6.45) is 2.53. The van der Waals surface area contributed by atoms with E-state index in [1.54, 1.807) is 12.1 Å². The van der Waals surface area contributed by atoms with E-state index in [9.17, 15) is 9.18 Å². The molecule has 1 aliphatic carbocycles. The molecular formula is C14H19FN2O2. The highest BCUT2D eigenvalue weighted by Gasteiger charge is 2.20. The fourth-order valence-electron chi connectivity index (χ4n) is 1.79. The molecule has 104 valence electrons. The van der Waals surface area contributed by atoms with E-state index in [0.29, 0.717) is 18.7 Å². The van der Waals surface area contributed by atoms with Gasteiger partial charge in [-0.3, -0.25) is 4.79 Å². The second-order valence-electron chi connectivity index (χ2n) is 4.82. The largest absolute Gasteiger partial charge is 0.494 e. The van der Waals surface area contributed by atoms with Gasteiger partial charge in [0.1, 0.15) is 0 Å². The Hall–Kier alpha value is -1.62. The van der Waals surface area contributed by atoms with Gasteiger partial charge in [-0.25, -0.2) is 4.39 Å². The second kappa shape index (κ2) is 6.52. The minimum atomic E-state index is -0.416. The van der Waals surface area contributed by atoms with Crippen molar-refractivity contribution < 1.29 is 13.9 Å². The number of carbonyl (C=O) groups is 1. The predicted molar refractivity (Wildman–Crippen MR) is 70.4 cm³/mol. The zero-order valence-electron chi connectivity index (χ0n) is 11.0. The van der Waals surface area contributed by atoms with E-state index in [1.807, 2.05) is 0 Å². The monoisotopic (exact) mass is 266 g/mol. The van der Waals surface area contributed by atoms with Crippen LogP contribution in [0, 0.1) is 11.7 Å². The number of carbonyl (C=O) groups excluding carboxylic acids is 1. The number of benzene rings is 1. The number of halogens is 1. The normalized spacial score (nSPS) is 14.2. The molecule has 1 aliphatic rings. The summed E-state index contributed by atoms with van der Waals surface area (Å²) in [6, 6.07) is 4.67. The van der Waals surface area contributed by atoms with Crippen molar-refractivity contribution >= 4 is 5.91 Å². The average molecular weight is 266 g/mol. The summed E-state index contributed by atoms with van der Waals surface area (Å²) >= 11 is 0. The Morgan fingerprint density at radius 1 is 1.47 bits per heavy atom. The molecule has 0 bridgehead atoms. The maximum absolute atomic E-state index is 13.4. The summed E-state index contributed by atoms with van der Waals surface area (Å²) in [4.78, 5) is 11.5. The molecule has 0 radical (unpaired) electrons. The van der Waals surface area contributed by atoms with E-state index in [2.05, 4.69) is 10.6 Å². The van der Waals surface area contributed by atoms with E-state index in [-0.39, 0.29) is 11.7 Å². The van der Waals surface area contributed by atoms with E-state index < -0.39 is 5.82 Å².